The number of rotatable bonds is 10. The Hall–Kier alpha value is -1.52. The van der Waals surface area contributed by atoms with Gasteiger partial charge in [0.2, 0.25) is 5.91 Å². The van der Waals surface area contributed by atoms with Crippen molar-refractivity contribution in [1.29, 1.82) is 0 Å². The summed E-state index contributed by atoms with van der Waals surface area (Å²) in [6.07, 6.45) is 1.03. The Kier molecular flexibility index (Phi) is 9.36. The van der Waals surface area contributed by atoms with Gasteiger partial charge in [0.05, 0.1) is 32.8 Å². The number of thiocarbonyl (C=S) groups is 1. The quantitative estimate of drug-likeness (QED) is 0.541. The topological polar surface area (TPSA) is 56.8 Å². The van der Waals surface area contributed by atoms with Crippen LogP contribution in [0, 0.1) is 0 Å². The molecule has 0 aliphatic carbocycles. The first-order valence-corrected chi connectivity index (χ1v) is 12.0. The first-order valence-electron chi connectivity index (χ1n) is 9.85. The van der Waals surface area contributed by atoms with E-state index in [9.17, 15) is 4.79 Å². The van der Waals surface area contributed by atoms with Gasteiger partial charge in [-0.05, 0) is 41.5 Å². The smallest absolute Gasteiger partial charge is 0.239 e. The molecule has 0 spiro atoms. The fourth-order valence-corrected chi connectivity index (χ4v) is 4.67. The molecule has 1 aliphatic rings. The number of morpholine rings is 1. The molecule has 3 heterocycles. The Balaban J connectivity index is 1.43. The van der Waals surface area contributed by atoms with E-state index in [1.165, 1.54) is 4.88 Å². The fraction of sp³-hybridized carbons (Fsp3) is 0.500. The highest BCUT2D eigenvalue weighted by Gasteiger charge is 2.14. The van der Waals surface area contributed by atoms with Gasteiger partial charge < -0.3 is 20.3 Å². The van der Waals surface area contributed by atoms with Crippen LogP contribution in [0.5, 0.6) is 0 Å². The highest BCUT2D eigenvalue weighted by atomic mass is 32.1. The standard InChI is InChI=1S/C20H28N4O2S3/c25-19(21-14-17-4-1-12-28-17)15-22-20(27)24(16-18-5-2-13-29-18)7-3-6-23-8-10-26-11-9-23/h1-2,4-5,12-13H,3,6-11,14-16H2,(H,21,25)(H,22,27). The third-order valence-electron chi connectivity index (χ3n) is 4.66. The highest BCUT2D eigenvalue weighted by molar-refractivity contribution is 7.80. The van der Waals surface area contributed by atoms with Gasteiger partial charge in [0, 0.05) is 35.9 Å². The Morgan fingerprint density at radius 3 is 2.55 bits per heavy atom. The number of carbonyl (C=O) groups excluding carboxylic acids is 1. The summed E-state index contributed by atoms with van der Waals surface area (Å²) in [5.74, 6) is -0.0508. The maximum absolute atomic E-state index is 12.1. The summed E-state index contributed by atoms with van der Waals surface area (Å²) in [6, 6.07) is 8.18. The summed E-state index contributed by atoms with van der Waals surface area (Å²) in [5, 5.41) is 10.8. The lowest BCUT2D eigenvalue weighted by Gasteiger charge is -2.29. The molecule has 1 saturated heterocycles. The second-order valence-electron chi connectivity index (χ2n) is 6.82. The molecule has 6 nitrogen and oxygen atoms in total. The summed E-state index contributed by atoms with van der Waals surface area (Å²) in [5.41, 5.74) is 0. The first kappa shape index (κ1) is 22.2. The molecule has 0 aromatic carbocycles. The van der Waals surface area contributed by atoms with Crippen LogP contribution in [0.15, 0.2) is 35.0 Å². The Labute approximate surface area is 185 Å². The SMILES string of the molecule is O=C(CNC(=S)N(CCCN1CCOCC1)Cc1cccs1)NCc1cccs1. The van der Waals surface area contributed by atoms with Crippen LogP contribution < -0.4 is 10.6 Å². The van der Waals surface area contributed by atoms with Gasteiger partial charge >= 0.3 is 0 Å². The number of hydrogen-bond donors (Lipinski definition) is 2. The zero-order valence-corrected chi connectivity index (χ0v) is 18.9. The Bertz CT molecular complexity index is 731. The van der Waals surface area contributed by atoms with E-state index in [-0.39, 0.29) is 12.5 Å². The van der Waals surface area contributed by atoms with Crippen LogP contribution in [0.4, 0.5) is 0 Å². The molecule has 3 rings (SSSR count). The third-order valence-corrected chi connectivity index (χ3v) is 6.80. The molecule has 1 amide bonds. The molecule has 158 valence electrons. The molecule has 2 aromatic heterocycles. The summed E-state index contributed by atoms with van der Waals surface area (Å²) in [7, 11) is 0. The average Bonchev–Trinajstić information content (AvgIpc) is 3.44. The van der Waals surface area contributed by atoms with Gasteiger partial charge in [-0.2, -0.15) is 0 Å². The van der Waals surface area contributed by atoms with Crippen molar-refractivity contribution in [3.05, 3.63) is 44.8 Å². The van der Waals surface area contributed by atoms with Crippen molar-refractivity contribution >= 4 is 45.9 Å². The second-order valence-corrected chi connectivity index (χ2v) is 9.27. The van der Waals surface area contributed by atoms with Crippen molar-refractivity contribution in [3.8, 4) is 0 Å². The van der Waals surface area contributed by atoms with E-state index in [1.54, 1.807) is 22.7 Å². The maximum atomic E-state index is 12.1. The predicted molar refractivity (Wildman–Crippen MR) is 123 cm³/mol. The normalized spacial score (nSPS) is 14.5. The molecule has 2 aromatic rings. The maximum Gasteiger partial charge on any atom is 0.239 e. The van der Waals surface area contributed by atoms with E-state index in [4.69, 9.17) is 17.0 Å². The van der Waals surface area contributed by atoms with Crippen molar-refractivity contribution in [2.45, 2.75) is 19.5 Å². The van der Waals surface area contributed by atoms with Crippen LogP contribution in [0.1, 0.15) is 16.2 Å². The van der Waals surface area contributed by atoms with E-state index >= 15 is 0 Å². The molecule has 0 radical (unpaired) electrons. The van der Waals surface area contributed by atoms with E-state index < -0.39 is 0 Å². The van der Waals surface area contributed by atoms with Crippen LogP contribution in [-0.4, -0.2) is 66.8 Å². The van der Waals surface area contributed by atoms with Crippen molar-refractivity contribution in [3.63, 3.8) is 0 Å². The molecule has 0 bridgehead atoms. The second kappa shape index (κ2) is 12.2. The van der Waals surface area contributed by atoms with Gasteiger partial charge in [-0.3, -0.25) is 9.69 Å². The van der Waals surface area contributed by atoms with E-state index in [2.05, 4.69) is 37.9 Å². The Morgan fingerprint density at radius 2 is 1.86 bits per heavy atom. The molecule has 1 aliphatic heterocycles. The molecule has 1 fully saturated rings. The number of nitrogens with one attached hydrogen (secondary N) is 2. The zero-order valence-electron chi connectivity index (χ0n) is 16.5. The van der Waals surface area contributed by atoms with E-state index in [0.717, 1.165) is 57.2 Å². The molecule has 9 heteroatoms. The van der Waals surface area contributed by atoms with Crippen molar-refractivity contribution in [2.24, 2.45) is 0 Å². The van der Waals surface area contributed by atoms with E-state index in [1.807, 2.05) is 17.5 Å². The number of thiophene rings is 2. The van der Waals surface area contributed by atoms with Crippen molar-refractivity contribution in [2.75, 3.05) is 45.9 Å². The van der Waals surface area contributed by atoms with Gasteiger partial charge in [0.15, 0.2) is 5.11 Å². The van der Waals surface area contributed by atoms with Crippen LogP contribution in [-0.2, 0) is 22.6 Å². The lowest BCUT2D eigenvalue weighted by atomic mass is 10.3. The number of ether oxygens (including phenoxy) is 1. The lowest BCUT2D eigenvalue weighted by Crippen LogP contribution is -2.45. The van der Waals surface area contributed by atoms with Crippen LogP contribution >= 0.6 is 34.9 Å². The van der Waals surface area contributed by atoms with Gasteiger partial charge in [-0.15, -0.1) is 22.7 Å². The third kappa shape index (κ3) is 8.02. The van der Waals surface area contributed by atoms with Gasteiger partial charge in [0.25, 0.3) is 0 Å². The van der Waals surface area contributed by atoms with Crippen LogP contribution in [0.3, 0.4) is 0 Å². The number of nitrogens with zero attached hydrogens (tertiary/aromatic N) is 2. The van der Waals surface area contributed by atoms with Gasteiger partial charge in [-0.1, -0.05) is 12.1 Å². The monoisotopic (exact) mass is 452 g/mol. The minimum atomic E-state index is -0.0508. The number of carbonyl (C=O) groups is 1. The number of hydrogen-bond acceptors (Lipinski definition) is 6. The van der Waals surface area contributed by atoms with Crippen LogP contribution in [0.25, 0.3) is 0 Å². The van der Waals surface area contributed by atoms with Crippen LogP contribution in [0.2, 0.25) is 0 Å². The zero-order chi connectivity index (χ0) is 20.3. The minimum absolute atomic E-state index is 0.0508. The first-order chi connectivity index (χ1) is 14.2. The molecular weight excluding hydrogens is 424 g/mol. The summed E-state index contributed by atoms with van der Waals surface area (Å²) in [4.78, 5) is 19.1. The van der Waals surface area contributed by atoms with E-state index in [0.29, 0.717) is 11.7 Å². The minimum Gasteiger partial charge on any atom is -0.379 e. The molecule has 29 heavy (non-hydrogen) atoms. The highest BCUT2D eigenvalue weighted by Crippen LogP contribution is 2.13. The summed E-state index contributed by atoms with van der Waals surface area (Å²) < 4.78 is 5.41. The largest absolute Gasteiger partial charge is 0.379 e. The van der Waals surface area contributed by atoms with Gasteiger partial charge in [0.1, 0.15) is 0 Å². The molecular formula is C20H28N4O2S3. The van der Waals surface area contributed by atoms with Gasteiger partial charge in [-0.25, -0.2) is 0 Å². The summed E-state index contributed by atoms with van der Waals surface area (Å²) >= 11 is 8.97. The lowest BCUT2D eigenvalue weighted by molar-refractivity contribution is -0.120. The fourth-order valence-electron chi connectivity index (χ4n) is 3.08. The molecule has 0 unspecified atom stereocenters. The molecule has 2 N–H and O–H groups in total. The van der Waals surface area contributed by atoms with Crippen molar-refractivity contribution < 1.29 is 9.53 Å². The number of amides is 1. The summed E-state index contributed by atoms with van der Waals surface area (Å²) in [6.45, 7) is 7.04. The Morgan fingerprint density at radius 1 is 1.14 bits per heavy atom. The predicted octanol–water partition coefficient (Wildman–Crippen LogP) is 2.52. The molecule has 0 saturated carbocycles. The van der Waals surface area contributed by atoms with Crippen molar-refractivity contribution in [1.82, 2.24) is 20.4 Å². The average molecular weight is 453 g/mol. The molecule has 0 atom stereocenters.